The molecule has 0 amide bonds. The summed E-state index contributed by atoms with van der Waals surface area (Å²) in [6.45, 7) is 3.93. The van der Waals surface area contributed by atoms with E-state index in [9.17, 15) is 0 Å². The van der Waals surface area contributed by atoms with Gasteiger partial charge >= 0.3 is 0 Å². The fraction of sp³-hybridized carbons (Fsp3) is 0.538. The molecule has 6 heteroatoms. The van der Waals surface area contributed by atoms with Gasteiger partial charge in [0.1, 0.15) is 12.4 Å². The van der Waals surface area contributed by atoms with Crippen LogP contribution in [0.15, 0.2) is 22.7 Å². The van der Waals surface area contributed by atoms with E-state index in [1.165, 1.54) is 6.42 Å². The molecule has 1 atom stereocenters. The van der Waals surface area contributed by atoms with Gasteiger partial charge in [0.25, 0.3) is 0 Å². The maximum absolute atomic E-state index is 5.89. The van der Waals surface area contributed by atoms with Crippen LogP contribution in [0.1, 0.15) is 6.42 Å². The van der Waals surface area contributed by atoms with Crippen LogP contribution in [0.5, 0.6) is 5.75 Å². The molecule has 1 aliphatic rings. The first-order valence-electron chi connectivity index (χ1n) is 6.16. The molecule has 0 spiro atoms. The highest BCUT2D eigenvalue weighted by molar-refractivity contribution is 9.10. The predicted molar refractivity (Wildman–Crippen MR) is 85.8 cm³/mol. The summed E-state index contributed by atoms with van der Waals surface area (Å²) < 4.78 is 6.66. The summed E-state index contributed by atoms with van der Waals surface area (Å²) in [6, 6.07) is 6.22. The Morgan fingerprint density at radius 3 is 2.95 bits per heavy atom. The summed E-state index contributed by atoms with van der Waals surface area (Å²) in [5, 5.41) is 4.03. The first-order valence-corrected chi connectivity index (χ1v) is 7.33. The van der Waals surface area contributed by atoms with Crippen LogP contribution < -0.4 is 10.1 Å². The van der Waals surface area contributed by atoms with Crippen molar-refractivity contribution in [3.05, 3.63) is 27.7 Å². The lowest BCUT2D eigenvalue weighted by atomic mass is 10.3. The lowest BCUT2D eigenvalue weighted by molar-refractivity contribution is 0.234. The third-order valence-electron chi connectivity index (χ3n) is 3.24. The number of benzene rings is 1. The quantitative estimate of drug-likeness (QED) is 0.862. The Bertz CT molecular complexity index is 406. The van der Waals surface area contributed by atoms with Gasteiger partial charge in [0.2, 0.25) is 0 Å². The zero-order chi connectivity index (χ0) is 13.0. The number of hydrogen-bond acceptors (Lipinski definition) is 3. The minimum absolute atomic E-state index is 0. The minimum Gasteiger partial charge on any atom is -0.491 e. The maximum Gasteiger partial charge on any atom is 0.133 e. The number of likely N-dealkylation sites (tertiary alicyclic amines) is 1. The molecule has 0 aromatic heterocycles. The number of ether oxygens (including phenoxy) is 1. The van der Waals surface area contributed by atoms with Crippen molar-refractivity contribution in [3.8, 4) is 5.75 Å². The largest absolute Gasteiger partial charge is 0.491 e. The lowest BCUT2D eigenvalue weighted by Gasteiger charge is -2.16. The van der Waals surface area contributed by atoms with E-state index in [-0.39, 0.29) is 12.4 Å². The molecule has 1 aromatic rings. The van der Waals surface area contributed by atoms with Gasteiger partial charge in [-0.3, -0.25) is 4.90 Å². The van der Waals surface area contributed by atoms with Gasteiger partial charge in [-0.05, 0) is 54.1 Å². The molecule has 1 N–H and O–H groups in total. The second kappa shape index (κ2) is 8.32. The highest BCUT2D eigenvalue weighted by Crippen LogP contribution is 2.27. The summed E-state index contributed by atoms with van der Waals surface area (Å²) >= 11 is 9.33. The third-order valence-corrected chi connectivity index (χ3v) is 4.09. The fourth-order valence-electron chi connectivity index (χ4n) is 2.15. The molecule has 1 heterocycles. The van der Waals surface area contributed by atoms with E-state index >= 15 is 0 Å². The topological polar surface area (TPSA) is 24.5 Å². The van der Waals surface area contributed by atoms with Crippen molar-refractivity contribution in [1.82, 2.24) is 10.2 Å². The van der Waals surface area contributed by atoms with Gasteiger partial charge in [-0.25, -0.2) is 0 Å². The monoisotopic (exact) mass is 368 g/mol. The van der Waals surface area contributed by atoms with Gasteiger partial charge in [-0.2, -0.15) is 0 Å². The van der Waals surface area contributed by atoms with Crippen LogP contribution in [0.4, 0.5) is 0 Å². The van der Waals surface area contributed by atoms with Crippen LogP contribution in [0.3, 0.4) is 0 Å². The van der Waals surface area contributed by atoms with E-state index in [0.29, 0.717) is 17.7 Å². The Morgan fingerprint density at radius 2 is 2.32 bits per heavy atom. The molecule has 108 valence electrons. The van der Waals surface area contributed by atoms with Gasteiger partial charge in [0.05, 0.1) is 4.47 Å². The standard InChI is InChI=1S/C13H18BrClN2O.ClH/c1-16-11-4-5-17(9-11)6-7-18-13-3-2-10(15)8-12(13)14;/h2-3,8,11,16H,4-7,9H2,1H3;1H. The van der Waals surface area contributed by atoms with Crippen molar-refractivity contribution in [2.75, 3.05) is 33.3 Å². The van der Waals surface area contributed by atoms with Crippen molar-refractivity contribution in [2.24, 2.45) is 0 Å². The van der Waals surface area contributed by atoms with Gasteiger partial charge in [0, 0.05) is 24.2 Å². The zero-order valence-corrected chi connectivity index (χ0v) is 14.0. The Morgan fingerprint density at radius 1 is 1.53 bits per heavy atom. The first-order chi connectivity index (χ1) is 8.69. The van der Waals surface area contributed by atoms with Gasteiger partial charge in [-0.15, -0.1) is 12.4 Å². The second-order valence-corrected chi connectivity index (χ2v) is 5.79. The molecule has 19 heavy (non-hydrogen) atoms. The molecular formula is C13H19BrCl2N2O. The normalized spacial score (nSPS) is 19.2. The smallest absolute Gasteiger partial charge is 0.133 e. The van der Waals surface area contributed by atoms with E-state index in [4.69, 9.17) is 16.3 Å². The van der Waals surface area contributed by atoms with E-state index in [2.05, 4.69) is 26.1 Å². The SMILES string of the molecule is CNC1CCN(CCOc2ccc(Cl)cc2Br)C1.Cl. The van der Waals surface area contributed by atoms with E-state index < -0.39 is 0 Å². The van der Waals surface area contributed by atoms with Gasteiger partial charge < -0.3 is 10.1 Å². The molecule has 0 aliphatic carbocycles. The molecule has 1 aromatic carbocycles. The average Bonchev–Trinajstić information content (AvgIpc) is 2.80. The summed E-state index contributed by atoms with van der Waals surface area (Å²) in [7, 11) is 2.02. The maximum atomic E-state index is 5.89. The van der Waals surface area contributed by atoms with Crippen LogP contribution >= 0.6 is 39.9 Å². The summed E-state index contributed by atoms with van der Waals surface area (Å²) in [6.07, 6.45) is 1.22. The summed E-state index contributed by atoms with van der Waals surface area (Å²) in [5.74, 6) is 0.851. The highest BCUT2D eigenvalue weighted by atomic mass is 79.9. The van der Waals surface area contributed by atoms with Crippen molar-refractivity contribution in [2.45, 2.75) is 12.5 Å². The molecule has 2 rings (SSSR count). The third kappa shape index (κ3) is 5.12. The second-order valence-electron chi connectivity index (χ2n) is 4.50. The number of hydrogen-bond donors (Lipinski definition) is 1. The lowest BCUT2D eigenvalue weighted by Crippen LogP contribution is -2.31. The number of nitrogens with zero attached hydrogens (tertiary/aromatic N) is 1. The van der Waals surface area contributed by atoms with E-state index in [1.807, 2.05) is 25.2 Å². The minimum atomic E-state index is 0. The number of rotatable bonds is 5. The number of likely N-dealkylation sites (N-methyl/N-ethyl adjacent to an activating group) is 1. The molecule has 1 aliphatic heterocycles. The number of nitrogens with one attached hydrogen (secondary N) is 1. The van der Waals surface area contributed by atoms with Crippen molar-refractivity contribution in [3.63, 3.8) is 0 Å². The Hall–Kier alpha value is -0.0000000000000000555. The van der Waals surface area contributed by atoms with Crippen LogP contribution in [-0.4, -0.2) is 44.2 Å². The van der Waals surface area contributed by atoms with Crippen LogP contribution in [-0.2, 0) is 0 Å². The van der Waals surface area contributed by atoms with Crippen molar-refractivity contribution >= 4 is 39.9 Å². The number of halogens is 3. The van der Waals surface area contributed by atoms with E-state index in [0.717, 1.165) is 29.9 Å². The van der Waals surface area contributed by atoms with Crippen molar-refractivity contribution in [1.29, 1.82) is 0 Å². The van der Waals surface area contributed by atoms with Gasteiger partial charge in [0.15, 0.2) is 0 Å². The summed E-state index contributed by atoms with van der Waals surface area (Å²) in [4.78, 5) is 2.42. The molecular weight excluding hydrogens is 351 g/mol. The Balaban J connectivity index is 0.00000180. The molecule has 1 saturated heterocycles. The first kappa shape index (κ1) is 17.1. The Labute approximate surface area is 134 Å². The molecule has 3 nitrogen and oxygen atoms in total. The molecule has 0 bridgehead atoms. The zero-order valence-electron chi connectivity index (χ0n) is 10.9. The Kier molecular flexibility index (Phi) is 7.47. The van der Waals surface area contributed by atoms with Crippen LogP contribution in [0.25, 0.3) is 0 Å². The van der Waals surface area contributed by atoms with Gasteiger partial charge in [-0.1, -0.05) is 11.6 Å². The fourth-order valence-corrected chi connectivity index (χ4v) is 2.95. The predicted octanol–water partition coefficient (Wildman–Crippen LogP) is 3.20. The van der Waals surface area contributed by atoms with Crippen LogP contribution in [0, 0.1) is 0 Å². The molecule has 1 unspecified atom stereocenters. The average molecular weight is 370 g/mol. The highest BCUT2D eigenvalue weighted by Gasteiger charge is 2.20. The van der Waals surface area contributed by atoms with Crippen molar-refractivity contribution < 1.29 is 4.74 Å². The molecule has 1 fully saturated rings. The van der Waals surface area contributed by atoms with Crippen LogP contribution in [0.2, 0.25) is 5.02 Å². The molecule has 0 radical (unpaired) electrons. The summed E-state index contributed by atoms with van der Waals surface area (Å²) in [5.41, 5.74) is 0. The molecule has 0 saturated carbocycles. The van der Waals surface area contributed by atoms with E-state index in [1.54, 1.807) is 0 Å².